The molecule has 4 rings (SSSR count). The second kappa shape index (κ2) is 15.8. The Morgan fingerprint density at radius 1 is 1.04 bits per heavy atom. The highest BCUT2D eigenvalue weighted by molar-refractivity contribution is 7.84. The van der Waals surface area contributed by atoms with Gasteiger partial charge < -0.3 is 24.6 Å². The molecule has 1 unspecified atom stereocenters. The number of benzene rings is 2. The predicted octanol–water partition coefficient (Wildman–Crippen LogP) is 1.87. The summed E-state index contributed by atoms with van der Waals surface area (Å²) in [6.07, 6.45) is 1.12. The van der Waals surface area contributed by atoms with E-state index in [1.54, 1.807) is 0 Å². The van der Waals surface area contributed by atoms with Gasteiger partial charge >= 0.3 is 12.1 Å². The fourth-order valence-corrected chi connectivity index (χ4v) is 4.99. The monoisotopic (exact) mass is 665 g/mol. The summed E-state index contributed by atoms with van der Waals surface area (Å²) in [6, 6.07) is 15.1. The van der Waals surface area contributed by atoms with E-state index in [9.17, 15) is 33.3 Å². The van der Waals surface area contributed by atoms with Crippen LogP contribution in [0, 0.1) is 13.8 Å². The van der Waals surface area contributed by atoms with Crippen LogP contribution in [0.5, 0.6) is 0 Å². The minimum Gasteiger partial charge on any atom is -0.480 e. The van der Waals surface area contributed by atoms with Gasteiger partial charge in [0.25, 0.3) is 5.56 Å². The Hall–Kier alpha value is -5.38. The van der Waals surface area contributed by atoms with E-state index in [1.165, 1.54) is 17.2 Å². The van der Waals surface area contributed by atoms with Gasteiger partial charge in [0.15, 0.2) is 17.3 Å². The number of nitrogens with one attached hydrogen (secondary N) is 3. The van der Waals surface area contributed by atoms with Crippen molar-refractivity contribution in [3.63, 3.8) is 0 Å². The Labute approximate surface area is 271 Å². The summed E-state index contributed by atoms with van der Waals surface area (Å²) in [7, 11) is -1.19. The topological polar surface area (TPSA) is 206 Å². The number of aryl methyl sites for hydroxylation is 2. The fraction of sp³-hybridized carbons (Fsp3) is 0.323. The minimum absolute atomic E-state index is 0.0216. The van der Waals surface area contributed by atoms with Crippen LogP contribution in [0.1, 0.15) is 34.8 Å². The summed E-state index contributed by atoms with van der Waals surface area (Å²) in [5.41, 5.74) is 2.82. The van der Waals surface area contributed by atoms with Crippen LogP contribution in [0.2, 0.25) is 0 Å². The highest BCUT2D eigenvalue weighted by Crippen LogP contribution is 2.27. The molecule has 0 saturated carbocycles. The highest BCUT2D eigenvalue weighted by atomic mass is 32.2. The maximum Gasteiger partial charge on any atom is 0.408 e. The lowest BCUT2D eigenvalue weighted by Gasteiger charge is -2.22. The van der Waals surface area contributed by atoms with Gasteiger partial charge in [0.2, 0.25) is 17.8 Å². The van der Waals surface area contributed by atoms with Crippen molar-refractivity contribution in [3.8, 4) is 0 Å². The molecular weight excluding hydrogens is 630 g/mol. The van der Waals surface area contributed by atoms with Crippen molar-refractivity contribution in [1.82, 2.24) is 29.7 Å². The van der Waals surface area contributed by atoms with Crippen molar-refractivity contribution in [1.29, 1.82) is 0 Å². The molecule has 0 aliphatic heterocycles. The van der Waals surface area contributed by atoms with Crippen molar-refractivity contribution in [3.05, 3.63) is 87.5 Å². The zero-order valence-corrected chi connectivity index (χ0v) is 26.8. The molecule has 3 amide bonds. The van der Waals surface area contributed by atoms with Gasteiger partial charge in [-0.3, -0.25) is 33.7 Å². The molecule has 0 fully saturated rings. The SMILES string of the molecule is Cc1ccc(C(OC(=O)NCCN(CC(=O)O)C(=O)Cn2cnc3c(=O)[nH]c(NC(=O)CCS(C)=O)nc32)c2ccc(C)cc2)cc1. The molecule has 2 aromatic carbocycles. The lowest BCUT2D eigenvalue weighted by Crippen LogP contribution is -2.43. The van der Waals surface area contributed by atoms with E-state index in [2.05, 4.69) is 25.6 Å². The third-order valence-electron chi connectivity index (χ3n) is 6.97. The molecule has 248 valence electrons. The Kier molecular flexibility index (Phi) is 11.6. The van der Waals surface area contributed by atoms with Gasteiger partial charge in [0.1, 0.15) is 13.1 Å². The molecule has 47 heavy (non-hydrogen) atoms. The average molecular weight is 666 g/mol. The Morgan fingerprint density at radius 2 is 1.66 bits per heavy atom. The lowest BCUT2D eigenvalue weighted by molar-refractivity contribution is -0.144. The number of imidazole rings is 1. The van der Waals surface area contributed by atoms with Crippen LogP contribution in [-0.4, -0.2) is 89.3 Å². The standard InChI is InChI=1S/C31H35N7O8S/c1-19-4-8-21(9-5-19)27(22-10-6-20(2)7-11-22)46-31(44)32-13-14-37(17-25(41)42)24(40)16-38-18-33-26-28(38)35-30(36-29(26)43)34-23(39)12-15-47(3)45/h4-11,18,27H,12-17H2,1-3H3,(H,32,44)(H,41,42)(H2,34,35,36,39,43). The van der Waals surface area contributed by atoms with Gasteiger partial charge in [0, 0.05) is 42.3 Å². The first-order chi connectivity index (χ1) is 22.4. The number of carbonyl (C=O) groups excluding carboxylic acids is 3. The van der Waals surface area contributed by atoms with Crippen LogP contribution >= 0.6 is 0 Å². The van der Waals surface area contributed by atoms with Crippen LogP contribution < -0.4 is 16.2 Å². The molecule has 16 heteroatoms. The van der Waals surface area contributed by atoms with Gasteiger partial charge in [-0.1, -0.05) is 59.7 Å². The zero-order chi connectivity index (χ0) is 34.1. The van der Waals surface area contributed by atoms with Crippen molar-refractivity contribution >= 4 is 51.8 Å². The van der Waals surface area contributed by atoms with Crippen LogP contribution in [-0.2, 0) is 36.5 Å². The number of hydrogen-bond donors (Lipinski definition) is 4. The van der Waals surface area contributed by atoms with Crippen molar-refractivity contribution in [2.24, 2.45) is 0 Å². The quantitative estimate of drug-likeness (QED) is 0.154. The van der Waals surface area contributed by atoms with Crippen LogP contribution in [0.3, 0.4) is 0 Å². The number of alkyl carbamates (subject to hydrolysis) is 1. The summed E-state index contributed by atoms with van der Waals surface area (Å²) in [4.78, 5) is 73.9. The minimum atomic E-state index is -1.28. The summed E-state index contributed by atoms with van der Waals surface area (Å²) < 4.78 is 18.3. The summed E-state index contributed by atoms with van der Waals surface area (Å²) in [5.74, 6) is -2.52. The van der Waals surface area contributed by atoms with Gasteiger partial charge in [-0.2, -0.15) is 4.98 Å². The number of amides is 3. The number of nitrogens with zero attached hydrogens (tertiary/aromatic N) is 4. The van der Waals surface area contributed by atoms with E-state index in [0.717, 1.165) is 27.2 Å². The largest absolute Gasteiger partial charge is 0.480 e. The van der Waals surface area contributed by atoms with Gasteiger partial charge in [-0.05, 0) is 25.0 Å². The highest BCUT2D eigenvalue weighted by Gasteiger charge is 2.22. The number of H-pyrrole nitrogens is 1. The van der Waals surface area contributed by atoms with E-state index < -0.39 is 59.4 Å². The Balaban J connectivity index is 1.42. The number of aromatic amines is 1. The summed E-state index contributed by atoms with van der Waals surface area (Å²) in [6.45, 7) is 2.52. The fourth-order valence-electron chi connectivity index (χ4n) is 4.51. The van der Waals surface area contributed by atoms with E-state index in [-0.39, 0.29) is 42.4 Å². The van der Waals surface area contributed by atoms with E-state index >= 15 is 0 Å². The molecule has 4 N–H and O–H groups in total. The normalized spacial score (nSPS) is 11.7. The molecular formula is C31H35N7O8S. The first-order valence-corrected chi connectivity index (χ1v) is 16.2. The second-order valence-electron chi connectivity index (χ2n) is 10.8. The van der Waals surface area contributed by atoms with Gasteiger partial charge in [-0.15, -0.1) is 0 Å². The lowest BCUT2D eigenvalue weighted by atomic mass is 9.99. The number of aliphatic carboxylic acids is 1. The van der Waals surface area contributed by atoms with Gasteiger partial charge in [0.05, 0.1) is 6.33 Å². The smallest absolute Gasteiger partial charge is 0.408 e. The molecule has 0 bridgehead atoms. The van der Waals surface area contributed by atoms with E-state index in [1.807, 2.05) is 62.4 Å². The predicted molar refractivity (Wildman–Crippen MR) is 173 cm³/mol. The van der Waals surface area contributed by atoms with Crippen LogP contribution in [0.25, 0.3) is 11.2 Å². The summed E-state index contributed by atoms with van der Waals surface area (Å²) >= 11 is 0. The Morgan fingerprint density at radius 3 is 2.23 bits per heavy atom. The number of rotatable bonds is 14. The number of aromatic nitrogens is 4. The van der Waals surface area contributed by atoms with Crippen molar-refractivity contribution in [2.45, 2.75) is 32.9 Å². The molecule has 2 aromatic heterocycles. The second-order valence-corrected chi connectivity index (χ2v) is 12.3. The molecule has 0 radical (unpaired) electrons. The first-order valence-electron chi connectivity index (χ1n) is 14.5. The van der Waals surface area contributed by atoms with Gasteiger partial charge in [-0.25, -0.2) is 9.78 Å². The van der Waals surface area contributed by atoms with Crippen LogP contribution in [0.4, 0.5) is 10.7 Å². The zero-order valence-electron chi connectivity index (χ0n) is 26.0. The molecule has 1 atom stereocenters. The third kappa shape index (κ3) is 9.80. The molecule has 0 spiro atoms. The number of carboxylic acids is 1. The molecule has 0 saturated heterocycles. The summed E-state index contributed by atoms with van der Waals surface area (Å²) in [5, 5.41) is 14.5. The number of carboxylic acid groups (broad SMARTS) is 1. The molecule has 2 heterocycles. The maximum atomic E-state index is 13.2. The van der Waals surface area contributed by atoms with E-state index in [4.69, 9.17) is 4.74 Å². The number of carbonyl (C=O) groups is 4. The number of hydrogen-bond acceptors (Lipinski definition) is 9. The first kappa shape index (κ1) is 34.5. The third-order valence-corrected chi connectivity index (χ3v) is 7.75. The molecule has 0 aliphatic carbocycles. The van der Waals surface area contributed by atoms with E-state index in [0.29, 0.717) is 0 Å². The molecule has 0 aliphatic rings. The number of ether oxygens (including phenoxy) is 1. The number of fused-ring (bicyclic) bond motifs is 1. The maximum absolute atomic E-state index is 13.2. The number of anilines is 1. The average Bonchev–Trinajstić information content (AvgIpc) is 3.42. The van der Waals surface area contributed by atoms with Crippen molar-refractivity contribution in [2.75, 3.05) is 37.0 Å². The molecule has 4 aromatic rings. The van der Waals surface area contributed by atoms with Crippen molar-refractivity contribution < 1.29 is 33.2 Å². The van der Waals surface area contributed by atoms with Crippen LogP contribution in [0.15, 0.2) is 59.7 Å². The Bertz CT molecular complexity index is 1790. The molecule has 15 nitrogen and oxygen atoms in total.